The third kappa shape index (κ3) is 2.62. The van der Waals surface area contributed by atoms with Crippen LogP contribution in [0.25, 0.3) is 5.69 Å². The molecule has 100 valence electrons. The summed E-state index contributed by atoms with van der Waals surface area (Å²) in [6.07, 6.45) is 1.97. The molecule has 0 atom stereocenters. The lowest BCUT2D eigenvalue weighted by atomic mass is 10.2. The number of para-hydroxylation sites is 1. The van der Waals surface area contributed by atoms with Crippen LogP contribution >= 0.6 is 0 Å². The van der Waals surface area contributed by atoms with Crippen molar-refractivity contribution < 1.29 is 4.74 Å². The largest absolute Gasteiger partial charge is 0.501 e. The summed E-state index contributed by atoms with van der Waals surface area (Å²) in [6, 6.07) is 7.79. The average Bonchev–Trinajstić information content (AvgIpc) is 2.67. The number of benzene rings is 1. The van der Waals surface area contributed by atoms with E-state index in [9.17, 15) is 4.79 Å². The molecule has 0 radical (unpaired) electrons. The second-order valence-electron chi connectivity index (χ2n) is 4.43. The molecule has 19 heavy (non-hydrogen) atoms. The molecular weight excluding hydrogens is 240 g/mol. The quantitative estimate of drug-likeness (QED) is 0.661. The average molecular weight is 258 g/mol. The standard InChI is InChI=1S/C15H18N2O2/c1-4-19-10-9-13-12(3)16-17(15(13)18)14-8-6-5-7-11(14)2/h4-8,16H,1,9-10H2,2-3H3. The lowest BCUT2D eigenvalue weighted by molar-refractivity contribution is 0.254. The second-order valence-corrected chi connectivity index (χ2v) is 4.43. The van der Waals surface area contributed by atoms with E-state index in [1.807, 2.05) is 38.1 Å². The number of nitrogens with one attached hydrogen (secondary N) is 1. The van der Waals surface area contributed by atoms with Gasteiger partial charge in [0.15, 0.2) is 0 Å². The van der Waals surface area contributed by atoms with Crippen molar-refractivity contribution in [3.63, 3.8) is 0 Å². The summed E-state index contributed by atoms with van der Waals surface area (Å²) in [6.45, 7) is 7.84. The Hall–Kier alpha value is -2.23. The molecule has 1 aromatic heterocycles. The fourth-order valence-corrected chi connectivity index (χ4v) is 2.10. The van der Waals surface area contributed by atoms with E-state index in [4.69, 9.17) is 4.74 Å². The lowest BCUT2D eigenvalue weighted by Crippen LogP contribution is -2.19. The normalized spacial score (nSPS) is 10.4. The molecule has 0 spiro atoms. The topological polar surface area (TPSA) is 47.0 Å². The molecule has 0 aliphatic heterocycles. The van der Waals surface area contributed by atoms with Crippen molar-refractivity contribution in [2.75, 3.05) is 6.61 Å². The summed E-state index contributed by atoms with van der Waals surface area (Å²) in [4.78, 5) is 12.4. The molecule has 0 bridgehead atoms. The van der Waals surface area contributed by atoms with Crippen LogP contribution in [0.15, 0.2) is 41.9 Å². The molecule has 0 aliphatic rings. The summed E-state index contributed by atoms with van der Waals surface area (Å²) >= 11 is 0. The van der Waals surface area contributed by atoms with Crippen molar-refractivity contribution >= 4 is 0 Å². The molecule has 0 saturated carbocycles. The van der Waals surface area contributed by atoms with E-state index in [-0.39, 0.29) is 5.56 Å². The number of hydrogen-bond acceptors (Lipinski definition) is 2. The molecule has 4 nitrogen and oxygen atoms in total. The predicted molar refractivity (Wildman–Crippen MR) is 75.7 cm³/mol. The van der Waals surface area contributed by atoms with E-state index < -0.39 is 0 Å². The molecule has 0 fully saturated rings. The summed E-state index contributed by atoms with van der Waals surface area (Å²) in [5.41, 5.74) is 3.55. The first-order valence-corrected chi connectivity index (χ1v) is 6.24. The summed E-state index contributed by atoms with van der Waals surface area (Å²) in [5.74, 6) is 0. The van der Waals surface area contributed by atoms with E-state index in [1.54, 1.807) is 4.68 Å². The van der Waals surface area contributed by atoms with Crippen LogP contribution in [0.4, 0.5) is 0 Å². The van der Waals surface area contributed by atoms with Gasteiger partial charge in [-0.25, -0.2) is 4.68 Å². The Balaban J connectivity index is 2.39. The third-order valence-electron chi connectivity index (χ3n) is 3.14. The van der Waals surface area contributed by atoms with Gasteiger partial charge in [0.05, 0.1) is 18.6 Å². The smallest absolute Gasteiger partial charge is 0.274 e. The Kier molecular flexibility index (Phi) is 3.90. The maximum Gasteiger partial charge on any atom is 0.274 e. The zero-order valence-electron chi connectivity index (χ0n) is 11.3. The molecule has 1 N–H and O–H groups in total. The number of aryl methyl sites for hydroxylation is 2. The Morgan fingerprint density at radius 2 is 2.11 bits per heavy atom. The van der Waals surface area contributed by atoms with E-state index in [1.165, 1.54) is 6.26 Å². The minimum Gasteiger partial charge on any atom is -0.501 e. The van der Waals surface area contributed by atoms with Crippen molar-refractivity contribution in [2.45, 2.75) is 20.3 Å². The second kappa shape index (κ2) is 5.61. The highest BCUT2D eigenvalue weighted by Gasteiger charge is 2.13. The van der Waals surface area contributed by atoms with Crippen molar-refractivity contribution in [1.29, 1.82) is 0 Å². The molecule has 4 heteroatoms. The first kappa shape index (κ1) is 13.2. The van der Waals surface area contributed by atoms with E-state index in [0.29, 0.717) is 13.0 Å². The number of hydrogen-bond donors (Lipinski definition) is 1. The van der Waals surface area contributed by atoms with Gasteiger partial charge in [0.25, 0.3) is 5.56 Å². The Bertz CT molecular complexity index is 638. The Morgan fingerprint density at radius 3 is 2.79 bits per heavy atom. The van der Waals surface area contributed by atoms with Crippen molar-refractivity contribution in [3.8, 4) is 5.69 Å². The van der Waals surface area contributed by atoms with Gasteiger partial charge in [-0.15, -0.1) is 0 Å². The summed E-state index contributed by atoms with van der Waals surface area (Å²) < 4.78 is 6.68. The minimum atomic E-state index is -0.0144. The van der Waals surface area contributed by atoms with Gasteiger partial charge in [0.2, 0.25) is 0 Å². The van der Waals surface area contributed by atoms with Crippen molar-refractivity contribution in [3.05, 3.63) is 64.3 Å². The van der Waals surface area contributed by atoms with Gasteiger partial charge in [-0.05, 0) is 25.5 Å². The molecule has 0 saturated heterocycles. The van der Waals surface area contributed by atoms with Crippen LogP contribution in [0.5, 0.6) is 0 Å². The number of ether oxygens (including phenoxy) is 1. The zero-order valence-corrected chi connectivity index (χ0v) is 11.3. The molecule has 0 amide bonds. The fourth-order valence-electron chi connectivity index (χ4n) is 2.10. The highest BCUT2D eigenvalue weighted by molar-refractivity contribution is 5.40. The maximum atomic E-state index is 12.4. The zero-order chi connectivity index (χ0) is 13.8. The third-order valence-corrected chi connectivity index (χ3v) is 3.14. The van der Waals surface area contributed by atoms with Gasteiger partial charge in [0.1, 0.15) is 0 Å². The van der Waals surface area contributed by atoms with Crippen LogP contribution < -0.4 is 5.56 Å². The van der Waals surface area contributed by atoms with Gasteiger partial charge in [-0.2, -0.15) is 0 Å². The highest BCUT2D eigenvalue weighted by Crippen LogP contribution is 2.12. The molecule has 2 rings (SSSR count). The Morgan fingerprint density at radius 1 is 1.37 bits per heavy atom. The van der Waals surface area contributed by atoms with E-state index >= 15 is 0 Å². The first-order chi connectivity index (χ1) is 9.15. The van der Waals surface area contributed by atoms with Crippen LogP contribution in [-0.4, -0.2) is 16.4 Å². The van der Waals surface area contributed by atoms with Crippen LogP contribution in [0.1, 0.15) is 16.8 Å². The van der Waals surface area contributed by atoms with Crippen LogP contribution in [0, 0.1) is 13.8 Å². The Labute approximate surface area is 112 Å². The summed E-state index contributed by atoms with van der Waals surface area (Å²) in [7, 11) is 0. The van der Waals surface area contributed by atoms with Crippen molar-refractivity contribution in [1.82, 2.24) is 9.78 Å². The van der Waals surface area contributed by atoms with Crippen LogP contribution in [0.3, 0.4) is 0 Å². The van der Waals surface area contributed by atoms with Crippen LogP contribution in [0.2, 0.25) is 0 Å². The van der Waals surface area contributed by atoms with Gasteiger partial charge in [0, 0.05) is 17.7 Å². The van der Waals surface area contributed by atoms with Gasteiger partial charge in [-0.1, -0.05) is 24.8 Å². The number of H-pyrrole nitrogens is 1. The number of nitrogens with zero attached hydrogens (tertiary/aromatic N) is 1. The number of rotatable bonds is 5. The SMILES string of the molecule is C=COCCc1c(C)[nH]n(-c2ccccc2C)c1=O. The molecule has 2 aromatic rings. The fraction of sp³-hybridized carbons (Fsp3) is 0.267. The maximum absolute atomic E-state index is 12.4. The molecule has 0 aliphatic carbocycles. The monoisotopic (exact) mass is 258 g/mol. The number of aromatic nitrogens is 2. The minimum absolute atomic E-state index is 0.0144. The van der Waals surface area contributed by atoms with E-state index in [0.717, 1.165) is 22.5 Å². The van der Waals surface area contributed by atoms with Gasteiger partial charge in [-0.3, -0.25) is 9.89 Å². The van der Waals surface area contributed by atoms with Gasteiger partial charge < -0.3 is 4.74 Å². The molecule has 1 heterocycles. The van der Waals surface area contributed by atoms with Gasteiger partial charge >= 0.3 is 0 Å². The lowest BCUT2D eigenvalue weighted by Gasteiger charge is -2.04. The first-order valence-electron chi connectivity index (χ1n) is 6.24. The van der Waals surface area contributed by atoms with Crippen LogP contribution in [-0.2, 0) is 11.2 Å². The predicted octanol–water partition coefficient (Wildman–Crippen LogP) is 2.49. The molecule has 1 aromatic carbocycles. The van der Waals surface area contributed by atoms with Crippen molar-refractivity contribution in [2.24, 2.45) is 0 Å². The number of aromatic amines is 1. The molecule has 0 unspecified atom stereocenters. The highest BCUT2D eigenvalue weighted by atomic mass is 16.5. The molecular formula is C15H18N2O2. The van der Waals surface area contributed by atoms with E-state index in [2.05, 4.69) is 11.7 Å². The summed E-state index contributed by atoms with van der Waals surface area (Å²) in [5, 5.41) is 3.12.